The van der Waals surface area contributed by atoms with Crippen LogP contribution in [0.2, 0.25) is 0 Å². The average molecular weight is 907 g/mol. The lowest BCUT2D eigenvalue weighted by Gasteiger charge is -2.18. The van der Waals surface area contributed by atoms with E-state index in [4.69, 9.17) is 14.2 Å². The second-order valence-electron chi connectivity index (χ2n) is 18.2. The minimum Gasteiger partial charge on any atom is -0.462 e. The van der Waals surface area contributed by atoms with Gasteiger partial charge >= 0.3 is 17.9 Å². The first kappa shape index (κ1) is 61.9. The van der Waals surface area contributed by atoms with Crippen LogP contribution in [0.5, 0.6) is 0 Å². The molecular weight excluding hydrogens is 805 g/mol. The van der Waals surface area contributed by atoms with Gasteiger partial charge in [-0.25, -0.2) is 0 Å². The molecule has 0 bridgehead atoms. The van der Waals surface area contributed by atoms with Crippen LogP contribution in [-0.4, -0.2) is 37.2 Å². The standard InChI is InChI=1S/C59H102O6/c1-4-7-10-13-16-19-22-25-27-29-30-32-34-37-40-43-46-49-52-58(61)64-55-56(54-63-57(60)51-48-45-42-39-36-33-24-21-18-15-12-9-6-3)65-59(62)53-50-47-44-41-38-35-31-28-26-23-20-17-14-11-8-5-2/h9,12,15,18,21,24,28,31,33,35-36,38,56H,4-8,10-11,13-14,16-17,19-20,22-23,25-27,29-30,32,34,37,39-55H2,1-3H3/b12-9+,18-15+,24-21+,31-28+,36-33+,38-35+. The van der Waals surface area contributed by atoms with Crippen LogP contribution in [0.1, 0.15) is 265 Å². The number of carbonyl (C=O) groups is 3. The molecule has 1 atom stereocenters. The molecular formula is C59H102O6. The molecule has 0 N–H and O–H groups in total. The summed E-state index contributed by atoms with van der Waals surface area (Å²) in [7, 11) is 0. The van der Waals surface area contributed by atoms with Crippen LogP contribution in [0.25, 0.3) is 0 Å². The summed E-state index contributed by atoms with van der Waals surface area (Å²) in [5.41, 5.74) is 0. The molecule has 374 valence electrons. The molecule has 0 aromatic rings. The number of esters is 3. The quantitative estimate of drug-likeness (QED) is 0.0262. The fourth-order valence-corrected chi connectivity index (χ4v) is 7.68. The Kier molecular flexibility index (Phi) is 50.9. The highest BCUT2D eigenvalue weighted by Gasteiger charge is 2.19. The number of rotatable bonds is 49. The van der Waals surface area contributed by atoms with Crippen molar-refractivity contribution in [3.8, 4) is 0 Å². The van der Waals surface area contributed by atoms with E-state index >= 15 is 0 Å². The summed E-state index contributed by atoms with van der Waals surface area (Å²) in [6.45, 7) is 6.45. The first-order valence-electron chi connectivity index (χ1n) is 27.5. The molecule has 1 unspecified atom stereocenters. The van der Waals surface area contributed by atoms with E-state index in [0.29, 0.717) is 12.8 Å². The molecule has 0 spiro atoms. The maximum atomic E-state index is 12.8. The highest BCUT2D eigenvalue weighted by molar-refractivity contribution is 5.71. The summed E-state index contributed by atoms with van der Waals surface area (Å²) in [5.74, 6) is -0.958. The van der Waals surface area contributed by atoms with E-state index in [0.717, 1.165) is 83.5 Å². The highest BCUT2D eigenvalue weighted by atomic mass is 16.6. The van der Waals surface area contributed by atoms with Crippen molar-refractivity contribution in [1.82, 2.24) is 0 Å². The van der Waals surface area contributed by atoms with Gasteiger partial charge in [0.15, 0.2) is 6.10 Å². The van der Waals surface area contributed by atoms with Crippen LogP contribution >= 0.6 is 0 Å². The third-order valence-electron chi connectivity index (χ3n) is 11.8. The van der Waals surface area contributed by atoms with Gasteiger partial charge in [0.1, 0.15) is 13.2 Å². The minimum absolute atomic E-state index is 0.0970. The van der Waals surface area contributed by atoms with Crippen molar-refractivity contribution in [2.75, 3.05) is 13.2 Å². The third-order valence-corrected chi connectivity index (χ3v) is 11.8. The average Bonchev–Trinajstić information content (AvgIpc) is 3.30. The van der Waals surface area contributed by atoms with Gasteiger partial charge in [-0.3, -0.25) is 14.4 Å². The van der Waals surface area contributed by atoms with Crippen LogP contribution in [0.3, 0.4) is 0 Å². The zero-order valence-electron chi connectivity index (χ0n) is 42.7. The van der Waals surface area contributed by atoms with Gasteiger partial charge < -0.3 is 14.2 Å². The molecule has 0 aliphatic heterocycles. The van der Waals surface area contributed by atoms with Crippen LogP contribution in [0.4, 0.5) is 0 Å². The van der Waals surface area contributed by atoms with Crippen LogP contribution < -0.4 is 0 Å². The number of hydrogen-bond acceptors (Lipinski definition) is 6. The molecule has 0 radical (unpaired) electrons. The molecule has 6 nitrogen and oxygen atoms in total. The lowest BCUT2D eigenvalue weighted by Crippen LogP contribution is -2.30. The van der Waals surface area contributed by atoms with Crippen molar-refractivity contribution in [2.45, 2.75) is 271 Å². The summed E-state index contributed by atoms with van der Waals surface area (Å²) < 4.78 is 16.8. The molecule has 0 heterocycles. The van der Waals surface area contributed by atoms with Gasteiger partial charge in [-0.15, -0.1) is 0 Å². The molecule has 0 amide bonds. The van der Waals surface area contributed by atoms with E-state index in [9.17, 15) is 14.4 Å². The van der Waals surface area contributed by atoms with Gasteiger partial charge in [0.25, 0.3) is 0 Å². The molecule has 0 saturated heterocycles. The predicted octanol–water partition coefficient (Wildman–Crippen LogP) is 18.2. The first-order valence-corrected chi connectivity index (χ1v) is 27.5. The normalized spacial score (nSPS) is 12.6. The van der Waals surface area contributed by atoms with E-state index in [2.05, 4.69) is 57.2 Å². The topological polar surface area (TPSA) is 78.9 Å². The van der Waals surface area contributed by atoms with Gasteiger partial charge in [-0.2, -0.15) is 0 Å². The van der Waals surface area contributed by atoms with E-state index in [1.807, 2.05) is 36.5 Å². The summed E-state index contributed by atoms with van der Waals surface area (Å²) in [5, 5.41) is 0. The number of hydrogen-bond donors (Lipinski definition) is 0. The molecule has 0 fully saturated rings. The molecule has 0 aliphatic rings. The highest BCUT2D eigenvalue weighted by Crippen LogP contribution is 2.16. The van der Waals surface area contributed by atoms with Crippen LogP contribution in [0, 0.1) is 0 Å². The van der Waals surface area contributed by atoms with Gasteiger partial charge in [0.2, 0.25) is 0 Å². The Morgan fingerprint density at radius 2 is 0.600 bits per heavy atom. The molecule has 0 aliphatic carbocycles. The Balaban J connectivity index is 4.43. The van der Waals surface area contributed by atoms with Gasteiger partial charge in [-0.05, 0) is 64.2 Å². The SMILES string of the molecule is CC/C=C/C=C/C=C/C=C/CCCCCC(=O)OCC(COC(=O)CCCCCCCCCCCCCCCCCCCC)OC(=O)CCCCC/C=C/C=C/CCCCCCCCC. The number of allylic oxidation sites excluding steroid dienone is 12. The number of unbranched alkanes of at least 4 members (excludes halogenated alkanes) is 30. The van der Waals surface area contributed by atoms with Gasteiger partial charge in [0, 0.05) is 19.3 Å². The summed E-state index contributed by atoms with van der Waals surface area (Å²) in [4.78, 5) is 38.0. The Bertz CT molecular complexity index is 1230. The molecule has 0 rings (SSSR count). The Hall–Kier alpha value is -3.15. The van der Waals surface area contributed by atoms with Crippen molar-refractivity contribution >= 4 is 17.9 Å². The second-order valence-corrected chi connectivity index (χ2v) is 18.2. The third kappa shape index (κ3) is 51.7. The summed E-state index contributed by atoms with van der Waals surface area (Å²) in [6.07, 6.45) is 67.5. The monoisotopic (exact) mass is 907 g/mol. The predicted molar refractivity (Wildman–Crippen MR) is 279 cm³/mol. The second kappa shape index (κ2) is 53.5. The summed E-state index contributed by atoms with van der Waals surface area (Å²) in [6, 6.07) is 0. The molecule has 0 saturated carbocycles. The smallest absolute Gasteiger partial charge is 0.306 e. The van der Waals surface area contributed by atoms with Gasteiger partial charge in [-0.1, -0.05) is 254 Å². The lowest BCUT2D eigenvalue weighted by atomic mass is 10.0. The van der Waals surface area contributed by atoms with Crippen molar-refractivity contribution in [2.24, 2.45) is 0 Å². The zero-order valence-corrected chi connectivity index (χ0v) is 42.7. The number of carbonyl (C=O) groups excluding carboxylic acids is 3. The fourth-order valence-electron chi connectivity index (χ4n) is 7.68. The Morgan fingerprint density at radius 3 is 0.969 bits per heavy atom. The molecule has 65 heavy (non-hydrogen) atoms. The van der Waals surface area contributed by atoms with E-state index in [-0.39, 0.29) is 37.5 Å². The fraction of sp³-hybridized carbons (Fsp3) is 0.746. The maximum Gasteiger partial charge on any atom is 0.306 e. The van der Waals surface area contributed by atoms with Crippen molar-refractivity contribution in [3.05, 3.63) is 72.9 Å². The van der Waals surface area contributed by atoms with Crippen molar-refractivity contribution < 1.29 is 28.6 Å². The largest absolute Gasteiger partial charge is 0.462 e. The van der Waals surface area contributed by atoms with Crippen molar-refractivity contribution in [3.63, 3.8) is 0 Å². The Labute approximate surface area is 402 Å². The van der Waals surface area contributed by atoms with E-state index < -0.39 is 6.10 Å². The van der Waals surface area contributed by atoms with Crippen LogP contribution in [-0.2, 0) is 28.6 Å². The molecule has 0 aromatic carbocycles. The number of ether oxygens (including phenoxy) is 3. The summed E-state index contributed by atoms with van der Waals surface area (Å²) >= 11 is 0. The lowest BCUT2D eigenvalue weighted by molar-refractivity contribution is -0.167. The molecule has 6 heteroatoms. The van der Waals surface area contributed by atoms with E-state index in [1.54, 1.807) is 0 Å². The maximum absolute atomic E-state index is 12.8. The van der Waals surface area contributed by atoms with Crippen LogP contribution in [0.15, 0.2) is 72.9 Å². The Morgan fingerprint density at radius 1 is 0.323 bits per heavy atom. The van der Waals surface area contributed by atoms with Crippen molar-refractivity contribution in [1.29, 1.82) is 0 Å². The zero-order chi connectivity index (χ0) is 47.2. The van der Waals surface area contributed by atoms with Gasteiger partial charge in [0.05, 0.1) is 0 Å². The first-order chi connectivity index (χ1) is 32.0. The molecule has 0 aromatic heterocycles. The minimum atomic E-state index is -0.804. The van der Waals surface area contributed by atoms with E-state index in [1.165, 1.54) is 141 Å².